The second-order valence-corrected chi connectivity index (χ2v) is 4.44. The Morgan fingerprint density at radius 2 is 2.22 bits per heavy atom. The van der Waals surface area contributed by atoms with Crippen molar-refractivity contribution in [2.45, 2.75) is 19.3 Å². The van der Waals surface area contributed by atoms with Crippen molar-refractivity contribution in [2.24, 2.45) is 0 Å². The number of nitrogens with one attached hydrogen (secondary N) is 2. The van der Waals surface area contributed by atoms with E-state index in [9.17, 15) is 4.79 Å². The maximum atomic E-state index is 11.8. The van der Waals surface area contributed by atoms with Gasteiger partial charge in [0.1, 0.15) is 0 Å². The Bertz CT molecular complexity index is 648. The lowest BCUT2D eigenvalue weighted by Crippen LogP contribution is -2.16. The summed E-state index contributed by atoms with van der Waals surface area (Å²) in [4.78, 5) is 19.0. The fraction of sp³-hybridized carbons (Fsp3) is 0.231. The van der Waals surface area contributed by atoms with E-state index in [4.69, 9.17) is 5.73 Å². The largest absolute Gasteiger partial charge is 0.399 e. The SMILES string of the molecule is Nc1cccc(Nc2nc3c(c(=O)[nH]2)CCC3)c1. The number of nitrogen functional groups attached to an aromatic ring is 1. The van der Waals surface area contributed by atoms with E-state index < -0.39 is 0 Å². The Morgan fingerprint density at radius 3 is 3.06 bits per heavy atom. The van der Waals surface area contributed by atoms with Gasteiger partial charge in [-0.1, -0.05) is 6.07 Å². The third kappa shape index (κ3) is 1.95. The van der Waals surface area contributed by atoms with Crippen molar-refractivity contribution in [2.75, 3.05) is 11.1 Å². The van der Waals surface area contributed by atoms with Gasteiger partial charge in [0.2, 0.25) is 5.95 Å². The molecule has 0 aliphatic heterocycles. The summed E-state index contributed by atoms with van der Waals surface area (Å²) in [6.45, 7) is 0. The minimum Gasteiger partial charge on any atom is -0.399 e. The molecule has 1 aliphatic rings. The fourth-order valence-corrected chi connectivity index (χ4v) is 2.25. The van der Waals surface area contributed by atoms with Crippen LogP contribution in [0, 0.1) is 0 Å². The summed E-state index contributed by atoms with van der Waals surface area (Å²) in [5.74, 6) is 0.478. The molecule has 92 valence electrons. The average molecular weight is 242 g/mol. The molecule has 0 spiro atoms. The van der Waals surface area contributed by atoms with Gasteiger partial charge in [0.05, 0.1) is 5.69 Å². The van der Waals surface area contributed by atoms with E-state index in [-0.39, 0.29) is 5.56 Å². The molecule has 4 N–H and O–H groups in total. The maximum absolute atomic E-state index is 11.8. The van der Waals surface area contributed by atoms with E-state index >= 15 is 0 Å². The number of anilines is 3. The number of fused-ring (bicyclic) bond motifs is 1. The molecule has 0 radical (unpaired) electrons. The van der Waals surface area contributed by atoms with Crippen LogP contribution < -0.4 is 16.6 Å². The Labute approximate surface area is 104 Å². The maximum Gasteiger partial charge on any atom is 0.255 e. The molecule has 0 saturated heterocycles. The normalized spacial score (nSPS) is 13.3. The molecule has 1 heterocycles. The average Bonchev–Trinajstić information content (AvgIpc) is 2.77. The Hall–Kier alpha value is -2.30. The van der Waals surface area contributed by atoms with Crippen LogP contribution in [0.15, 0.2) is 29.1 Å². The van der Waals surface area contributed by atoms with Crippen LogP contribution in [0.25, 0.3) is 0 Å². The summed E-state index contributed by atoms with van der Waals surface area (Å²) >= 11 is 0. The van der Waals surface area contributed by atoms with Crippen molar-refractivity contribution in [3.63, 3.8) is 0 Å². The van der Waals surface area contributed by atoms with Crippen molar-refractivity contribution >= 4 is 17.3 Å². The number of hydrogen-bond donors (Lipinski definition) is 3. The molecule has 0 saturated carbocycles. The number of nitrogens with two attached hydrogens (primary N) is 1. The van der Waals surface area contributed by atoms with E-state index in [0.717, 1.165) is 36.2 Å². The number of aromatic nitrogens is 2. The highest BCUT2D eigenvalue weighted by Crippen LogP contribution is 2.19. The van der Waals surface area contributed by atoms with Gasteiger partial charge in [0, 0.05) is 16.9 Å². The lowest BCUT2D eigenvalue weighted by atomic mass is 10.2. The van der Waals surface area contributed by atoms with Crippen molar-refractivity contribution < 1.29 is 0 Å². The number of aromatic amines is 1. The molecule has 0 amide bonds. The second kappa shape index (κ2) is 4.18. The molecule has 1 aromatic heterocycles. The molecule has 0 fully saturated rings. The Kier molecular flexibility index (Phi) is 2.51. The molecule has 1 aromatic carbocycles. The van der Waals surface area contributed by atoms with Gasteiger partial charge in [-0.05, 0) is 37.5 Å². The van der Waals surface area contributed by atoms with Gasteiger partial charge in [-0.2, -0.15) is 0 Å². The summed E-state index contributed by atoms with van der Waals surface area (Å²) in [6.07, 6.45) is 2.72. The standard InChI is InChI=1S/C13H14N4O/c14-8-3-1-4-9(7-8)15-13-16-11-6-2-5-10(11)12(18)17-13/h1,3-4,7H,2,5-6,14H2,(H2,15,16,17,18). The molecule has 0 bridgehead atoms. The van der Waals surface area contributed by atoms with Gasteiger partial charge in [0.25, 0.3) is 5.56 Å². The van der Waals surface area contributed by atoms with E-state index in [1.165, 1.54) is 0 Å². The van der Waals surface area contributed by atoms with Crippen LogP contribution in [0.3, 0.4) is 0 Å². The zero-order valence-electron chi connectivity index (χ0n) is 9.86. The van der Waals surface area contributed by atoms with Crippen LogP contribution in [0.4, 0.5) is 17.3 Å². The van der Waals surface area contributed by atoms with Crippen LogP contribution in [0.2, 0.25) is 0 Å². The van der Waals surface area contributed by atoms with E-state index in [1.807, 2.05) is 18.2 Å². The van der Waals surface area contributed by atoms with E-state index in [0.29, 0.717) is 11.6 Å². The molecular weight excluding hydrogens is 228 g/mol. The van der Waals surface area contributed by atoms with Crippen LogP contribution in [-0.4, -0.2) is 9.97 Å². The third-order valence-corrected chi connectivity index (χ3v) is 3.09. The minimum atomic E-state index is -0.0381. The van der Waals surface area contributed by atoms with Crippen molar-refractivity contribution in [1.29, 1.82) is 0 Å². The first-order valence-corrected chi connectivity index (χ1v) is 5.97. The molecule has 1 aliphatic carbocycles. The number of benzene rings is 1. The summed E-state index contributed by atoms with van der Waals surface area (Å²) in [7, 11) is 0. The summed E-state index contributed by atoms with van der Waals surface area (Å²) < 4.78 is 0. The lowest BCUT2D eigenvalue weighted by molar-refractivity contribution is 0.899. The van der Waals surface area contributed by atoms with Crippen molar-refractivity contribution in [1.82, 2.24) is 9.97 Å². The number of H-pyrrole nitrogens is 1. The predicted molar refractivity (Wildman–Crippen MR) is 71.0 cm³/mol. The number of hydrogen-bond acceptors (Lipinski definition) is 4. The zero-order chi connectivity index (χ0) is 12.5. The van der Waals surface area contributed by atoms with Crippen molar-refractivity contribution in [3.05, 3.63) is 45.9 Å². The molecular formula is C13H14N4O. The quantitative estimate of drug-likeness (QED) is 0.698. The van der Waals surface area contributed by atoms with Crippen molar-refractivity contribution in [3.8, 4) is 0 Å². The van der Waals surface area contributed by atoms with Gasteiger partial charge in [-0.15, -0.1) is 0 Å². The Balaban J connectivity index is 1.94. The van der Waals surface area contributed by atoms with Crippen LogP contribution in [-0.2, 0) is 12.8 Å². The van der Waals surface area contributed by atoms with E-state index in [1.54, 1.807) is 6.07 Å². The molecule has 18 heavy (non-hydrogen) atoms. The second-order valence-electron chi connectivity index (χ2n) is 4.44. The molecule has 3 rings (SSSR count). The highest BCUT2D eigenvalue weighted by Gasteiger charge is 2.16. The summed E-state index contributed by atoms with van der Waals surface area (Å²) in [6, 6.07) is 7.34. The predicted octanol–water partition coefficient (Wildman–Crippen LogP) is 1.58. The van der Waals surface area contributed by atoms with Gasteiger partial charge in [0.15, 0.2) is 0 Å². The fourth-order valence-electron chi connectivity index (χ4n) is 2.25. The monoisotopic (exact) mass is 242 g/mol. The zero-order valence-corrected chi connectivity index (χ0v) is 9.86. The first-order chi connectivity index (χ1) is 8.72. The third-order valence-electron chi connectivity index (χ3n) is 3.09. The molecule has 5 heteroatoms. The van der Waals surface area contributed by atoms with Crippen LogP contribution in [0.5, 0.6) is 0 Å². The highest BCUT2D eigenvalue weighted by molar-refractivity contribution is 5.59. The molecule has 5 nitrogen and oxygen atoms in total. The molecule has 0 atom stereocenters. The topological polar surface area (TPSA) is 83.8 Å². The smallest absolute Gasteiger partial charge is 0.255 e. The summed E-state index contributed by atoms with van der Waals surface area (Å²) in [5, 5.41) is 3.07. The molecule has 2 aromatic rings. The molecule has 0 unspecified atom stereocenters. The van der Waals surface area contributed by atoms with Gasteiger partial charge in [-0.3, -0.25) is 9.78 Å². The number of aryl methyl sites for hydroxylation is 1. The first kappa shape index (κ1) is 10.8. The first-order valence-electron chi connectivity index (χ1n) is 5.97. The van der Waals surface area contributed by atoms with Gasteiger partial charge in [-0.25, -0.2) is 4.98 Å². The number of rotatable bonds is 2. The van der Waals surface area contributed by atoms with E-state index in [2.05, 4.69) is 15.3 Å². The van der Waals surface area contributed by atoms with Gasteiger partial charge >= 0.3 is 0 Å². The van der Waals surface area contributed by atoms with Crippen LogP contribution in [0.1, 0.15) is 17.7 Å². The Morgan fingerprint density at radius 1 is 1.33 bits per heavy atom. The summed E-state index contributed by atoms with van der Waals surface area (Å²) in [5.41, 5.74) is 8.88. The van der Waals surface area contributed by atoms with Crippen LogP contribution >= 0.6 is 0 Å². The lowest BCUT2D eigenvalue weighted by Gasteiger charge is -2.07. The van der Waals surface area contributed by atoms with Gasteiger partial charge < -0.3 is 11.1 Å². The number of nitrogens with zero attached hydrogens (tertiary/aromatic N) is 1. The minimum absolute atomic E-state index is 0.0381. The highest BCUT2D eigenvalue weighted by atomic mass is 16.1.